The van der Waals surface area contributed by atoms with Crippen LogP contribution in [0.1, 0.15) is 34.8 Å². The van der Waals surface area contributed by atoms with Gasteiger partial charge in [-0.2, -0.15) is 5.10 Å². The van der Waals surface area contributed by atoms with E-state index in [1.807, 2.05) is 0 Å². The molecule has 1 aromatic rings. The van der Waals surface area contributed by atoms with E-state index in [9.17, 15) is 18.4 Å². The fourth-order valence-corrected chi connectivity index (χ4v) is 1.85. The maximum atomic E-state index is 13.5. The first-order chi connectivity index (χ1) is 10.3. The Bertz CT molecular complexity index is 563. The van der Waals surface area contributed by atoms with E-state index in [2.05, 4.69) is 5.10 Å². The number of aromatic nitrogens is 2. The van der Waals surface area contributed by atoms with Gasteiger partial charge in [-0.3, -0.25) is 0 Å². The van der Waals surface area contributed by atoms with E-state index in [0.717, 1.165) is 0 Å². The molecular weight excluding hydrogens is 324 g/mol. The number of hydrogen-bond acceptors (Lipinski definition) is 6. The molecule has 0 unspecified atom stereocenters. The van der Waals surface area contributed by atoms with Gasteiger partial charge in [-0.1, -0.05) is 11.6 Å². The smallest absolute Gasteiger partial charge is 0.360 e. The number of ether oxygens (including phenoxy) is 2. The van der Waals surface area contributed by atoms with Crippen molar-refractivity contribution in [2.24, 2.45) is 5.73 Å². The summed E-state index contributed by atoms with van der Waals surface area (Å²) in [5.74, 6) is -5.22. The number of alkyl halides is 2. The number of nitrogens with zero attached hydrogens (tertiary/aromatic N) is 2. The predicted molar refractivity (Wildman–Crippen MR) is 73.2 cm³/mol. The highest BCUT2D eigenvalue weighted by molar-refractivity contribution is 6.36. The topological polar surface area (TPSA) is 96.4 Å². The molecule has 0 aliphatic rings. The molecule has 0 atom stereocenters. The second kappa shape index (κ2) is 7.50. The molecule has 10 heteroatoms. The standard InChI is InChI=1S/C12H16ClF2N3O4/c1-3-21-10(19)8-7(13)9(11(20)22-4-2)18(17-8)6-12(14,15)5-16/h3-6,16H2,1-2H3. The maximum absolute atomic E-state index is 13.5. The van der Waals surface area contributed by atoms with E-state index in [-0.39, 0.29) is 13.2 Å². The fourth-order valence-electron chi connectivity index (χ4n) is 1.56. The van der Waals surface area contributed by atoms with Gasteiger partial charge in [0.25, 0.3) is 5.92 Å². The molecule has 0 bridgehead atoms. The molecule has 0 aromatic carbocycles. The minimum atomic E-state index is -3.33. The molecule has 0 fully saturated rings. The van der Waals surface area contributed by atoms with Crippen molar-refractivity contribution in [2.45, 2.75) is 26.3 Å². The van der Waals surface area contributed by atoms with Crippen LogP contribution in [-0.2, 0) is 16.0 Å². The Morgan fingerprint density at radius 3 is 2.32 bits per heavy atom. The first-order valence-electron chi connectivity index (χ1n) is 6.45. The zero-order chi connectivity index (χ0) is 16.9. The predicted octanol–water partition coefficient (Wildman–Crippen LogP) is 1.48. The lowest BCUT2D eigenvalue weighted by atomic mass is 10.3. The molecule has 1 rings (SSSR count). The van der Waals surface area contributed by atoms with Crippen molar-refractivity contribution >= 4 is 23.5 Å². The normalized spacial score (nSPS) is 11.4. The van der Waals surface area contributed by atoms with Crippen LogP contribution in [0.3, 0.4) is 0 Å². The summed E-state index contributed by atoms with van der Waals surface area (Å²) >= 11 is 5.90. The minimum Gasteiger partial charge on any atom is -0.461 e. The van der Waals surface area contributed by atoms with Crippen LogP contribution in [0.25, 0.3) is 0 Å². The van der Waals surface area contributed by atoms with Crippen LogP contribution in [0, 0.1) is 0 Å². The lowest BCUT2D eigenvalue weighted by Gasteiger charge is -2.15. The average Bonchev–Trinajstić information content (AvgIpc) is 2.75. The van der Waals surface area contributed by atoms with Crippen LogP contribution in [-0.4, -0.2) is 47.4 Å². The average molecular weight is 340 g/mol. The van der Waals surface area contributed by atoms with Gasteiger partial charge in [0.2, 0.25) is 0 Å². The molecular formula is C12H16ClF2N3O4. The Balaban J connectivity index is 3.30. The number of rotatable bonds is 7. The number of carbonyl (C=O) groups is 2. The number of halogens is 3. The molecule has 0 radical (unpaired) electrons. The molecule has 0 saturated heterocycles. The summed E-state index contributed by atoms with van der Waals surface area (Å²) in [7, 11) is 0. The van der Waals surface area contributed by atoms with Crippen LogP contribution >= 0.6 is 11.6 Å². The lowest BCUT2D eigenvalue weighted by molar-refractivity contribution is -0.0112. The zero-order valence-electron chi connectivity index (χ0n) is 12.1. The van der Waals surface area contributed by atoms with Crippen molar-refractivity contribution in [1.82, 2.24) is 9.78 Å². The first-order valence-corrected chi connectivity index (χ1v) is 6.83. The summed E-state index contributed by atoms with van der Waals surface area (Å²) in [4.78, 5) is 23.6. The molecule has 0 amide bonds. The Hall–Kier alpha value is -1.74. The lowest BCUT2D eigenvalue weighted by Crippen LogP contribution is -2.34. The van der Waals surface area contributed by atoms with E-state index in [4.69, 9.17) is 26.8 Å². The number of esters is 2. The monoisotopic (exact) mass is 339 g/mol. The summed E-state index contributed by atoms with van der Waals surface area (Å²) < 4.78 is 37.0. The van der Waals surface area contributed by atoms with Crippen molar-refractivity contribution < 1.29 is 27.8 Å². The van der Waals surface area contributed by atoms with Gasteiger partial charge in [-0.15, -0.1) is 0 Å². The van der Waals surface area contributed by atoms with E-state index < -0.39 is 47.4 Å². The molecule has 1 heterocycles. The highest BCUT2D eigenvalue weighted by Crippen LogP contribution is 2.25. The van der Waals surface area contributed by atoms with Crippen molar-refractivity contribution in [3.63, 3.8) is 0 Å². The van der Waals surface area contributed by atoms with Crippen LogP contribution in [0.2, 0.25) is 5.02 Å². The largest absolute Gasteiger partial charge is 0.461 e. The van der Waals surface area contributed by atoms with Crippen LogP contribution in [0.4, 0.5) is 8.78 Å². The molecule has 7 nitrogen and oxygen atoms in total. The Labute approximate surface area is 130 Å². The van der Waals surface area contributed by atoms with Crippen molar-refractivity contribution in [3.05, 3.63) is 16.4 Å². The van der Waals surface area contributed by atoms with Crippen molar-refractivity contribution in [2.75, 3.05) is 19.8 Å². The van der Waals surface area contributed by atoms with Gasteiger partial charge >= 0.3 is 11.9 Å². The number of carbonyl (C=O) groups excluding carboxylic acids is 2. The van der Waals surface area contributed by atoms with Gasteiger partial charge in [0.15, 0.2) is 11.4 Å². The Kier molecular flexibility index (Phi) is 6.24. The molecule has 22 heavy (non-hydrogen) atoms. The van der Waals surface area contributed by atoms with Gasteiger partial charge in [0.05, 0.1) is 19.8 Å². The molecule has 0 aliphatic heterocycles. The third-order valence-electron chi connectivity index (χ3n) is 2.51. The quantitative estimate of drug-likeness (QED) is 0.756. The highest BCUT2D eigenvalue weighted by Gasteiger charge is 2.34. The fraction of sp³-hybridized carbons (Fsp3) is 0.583. The van der Waals surface area contributed by atoms with Gasteiger partial charge in [0.1, 0.15) is 11.6 Å². The Morgan fingerprint density at radius 1 is 1.27 bits per heavy atom. The molecule has 0 saturated carbocycles. The summed E-state index contributed by atoms with van der Waals surface area (Å²) in [6.45, 7) is 1.15. The Morgan fingerprint density at radius 2 is 1.82 bits per heavy atom. The molecule has 124 valence electrons. The van der Waals surface area contributed by atoms with E-state index in [1.54, 1.807) is 6.92 Å². The molecule has 2 N–H and O–H groups in total. The van der Waals surface area contributed by atoms with E-state index in [1.165, 1.54) is 6.92 Å². The van der Waals surface area contributed by atoms with Crippen LogP contribution in [0.5, 0.6) is 0 Å². The van der Waals surface area contributed by atoms with Crippen LogP contribution in [0.15, 0.2) is 0 Å². The van der Waals surface area contributed by atoms with Crippen molar-refractivity contribution in [3.8, 4) is 0 Å². The minimum absolute atomic E-state index is 0.00234. The summed E-state index contributed by atoms with van der Waals surface area (Å²) in [5, 5.41) is 3.24. The van der Waals surface area contributed by atoms with Gasteiger partial charge in [-0.25, -0.2) is 23.1 Å². The summed E-state index contributed by atoms with van der Waals surface area (Å²) in [5.41, 5.74) is 4.08. The molecule has 1 aromatic heterocycles. The first kappa shape index (κ1) is 18.3. The maximum Gasteiger partial charge on any atom is 0.360 e. The molecule has 0 spiro atoms. The highest BCUT2D eigenvalue weighted by atomic mass is 35.5. The van der Waals surface area contributed by atoms with Gasteiger partial charge < -0.3 is 15.2 Å². The summed E-state index contributed by atoms with van der Waals surface area (Å²) in [6, 6.07) is 0. The second-order valence-corrected chi connectivity index (χ2v) is 4.55. The van der Waals surface area contributed by atoms with Crippen molar-refractivity contribution in [1.29, 1.82) is 0 Å². The zero-order valence-corrected chi connectivity index (χ0v) is 12.8. The number of nitrogens with two attached hydrogens (primary N) is 1. The van der Waals surface area contributed by atoms with Gasteiger partial charge in [0, 0.05) is 0 Å². The van der Waals surface area contributed by atoms with Crippen LogP contribution < -0.4 is 5.73 Å². The molecule has 0 aliphatic carbocycles. The summed E-state index contributed by atoms with van der Waals surface area (Å²) in [6.07, 6.45) is 0. The number of hydrogen-bond donors (Lipinski definition) is 1. The third-order valence-corrected chi connectivity index (χ3v) is 2.87. The third kappa shape index (κ3) is 4.14. The van der Waals surface area contributed by atoms with Gasteiger partial charge in [-0.05, 0) is 13.8 Å². The second-order valence-electron chi connectivity index (χ2n) is 4.17. The van der Waals surface area contributed by atoms with E-state index in [0.29, 0.717) is 4.68 Å². The van der Waals surface area contributed by atoms with E-state index >= 15 is 0 Å². The SMILES string of the molecule is CCOC(=O)c1nn(CC(F)(F)CN)c(C(=O)OCC)c1Cl.